The molecular formula is C37H54N2O4. The summed E-state index contributed by atoms with van der Waals surface area (Å²) in [4.78, 5) is 18.4. The fraction of sp³-hybridized carbons (Fsp3) is 0.730. The number of oxime groups is 1. The van der Waals surface area contributed by atoms with E-state index in [4.69, 9.17) is 9.57 Å². The van der Waals surface area contributed by atoms with Gasteiger partial charge in [-0.3, -0.25) is 4.79 Å². The summed E-state index contributed by atoms with van der Waals surface area (Å²) in [5.74, 6) is 2.46. The van der Waals surface area contributed by atoms with E-state index in [1.807, 2.05) is 0 Å². The minimum Gasteiger partial charge on any atom is -0.393 e. The van der Waals surface area contributed by atoms with Crippen LogP contribution in [-0.2, 0) is 19.8 Å². The average molecular weight is 591 g/mol. The number of allylic oxidation sites excluding steroid dienone is 2. The fourth-order valence-electron chi connectivity index (χ4n) is 10.1. The molecule has 43 heavy (non-hydrogen) atoms. The summed E-state index contributed by atoms with van der Waals surface area (Å²) in [6.07, 6.45) is 14.1. The molecule has 1 amide bonds. The number of aliphatic hydroxyl groups excluding tert-OH is 1. The number of carbonyl (C=O) groups is 1. The number of aliphatic hydroxyl groups is 1. The molecule has 6 heteroatoms. The fourth-order valence-corrected chi connectivity index (χ4v) is 10.1. The van der Waals surface area contributed by atoms with Crippen LogP contribution in [0.4, 0.5) is 0 Å². The lowest BCUT2D eigenvalue weighted by molar-refractivity contribution is -0.125. The lowest BCUT2D eigenvalue weighted by atomic mass is 9.47. The molecule has 4 fully saturated rings. The van der Waals surface area contributed by atoms with Crippen LogP contribution in [0.3, 0.4) is 0 Å². The number of nitrogens with one attached hydrogen (secondary N) is 1. The van der Waals surface area contributed by atoms with Gasteiger partial charge in [0.25, 0.3) is 5.91 Å². The summed E-state index contributed by atoms with van der Waals surface area (Å²) in [6, 6.07) is 10.7. The van der Waals surface area contributed by atoms with Gasteiger partial charge in [0.05, 0.1) is 17.9 Å². The minimum absolute atomic E-state index is 0.0112. The van der Waals surface area contributed by atoms with Crippen LogP contribution in [0, 0.1) is 34.5 Å². The Morgan fingerprint density at radius 2 is 1.88 bits per heavy atom. The molecule has 4 aliphatic carbocycles. The second-order valence-corrected chi connectivity index (χ2v) is 15.3. The lowest BCUT2D eigenvalue weighted by Crippen LogP contribution is -2.51. The molecule has 3 saturated carbocycles. The zero-order chi connectivity index (χ0) is 30.2. The van der Waals surface area contributed by atoms with Gasteiger partial charge in [0.2, 0.25) is 0 Å². The zero-order valence-corrected chi connectivity index (χ0v) is 26.9. The van der Waals surface area contributed by atoms with E-state index in [-0.39, 0.29) is 41.0 Å². The predicted molar refractivity (Wildman–Crippen MR) is 171 cm³/mol. The van der Waals surface area contributed by atoms with Gasteiger partial charge in [-0.05, 0) is 117 Å². The average Bonchev–Trinajstić information content (AvgIpc) is 3.31. The van der Waals surface area contributed by atoms with Crippen molar-refractivity contribution in [1.29, 1.82) is 0 Å². The third-order valence-electron chi connectivity index (χ3n) is 12.9. The van der Waals surface area contributed by atoms with Crippen LogP contribution in [-0.4, -0.2) is 48.7 Å². The topological polar surface area (TPSA) is 80.2 Å². The van der Waals surface area contributed by atoms with E-state index >= 15 is 0 Å². The van der Waals surface area contributed by atoms with Crippen molar-refractivity contribution in [1.82, 2.24) is 5.32 Å². The molecule has 6 nitrogen and oxygen atoms in total. The van der Waals surface area contributed by atoms with Crippen LogP contribution >= 0.6 is 0 Å². The second kappa shape index (κ2) is 12.3. The number of benzene rings is 1. The highest BCUT2D eigenvalue weighted by Crippen LogP contribution is 2.65. The van der Waals surface area contributed by atoms with Crippen LogP contribution < -0.4 is 5.32 Å². The van der Waals surface area contributed by atoms with Gasteiger partial charge in [0, 0.05) is 18.6 Å². The summed E-state index contributed by atoms with van der Waals surface area (Å²) in [6.45, 7) is 10.6. The quantitative estimate of drug-likeness (QED) is 0.321. The molecular weight excluding hydrogens is 536 g/mol. The molecule has 2 N–H and O–H groups in total. The SMILES string of the molecule is CC(C)[C@@H]1C[C@](CCNC(=O)CON=C2C=C3CC[C@H]4[C@@H](CC[C@]5(C)[C@H](O)CC[C@@H]45)[C@@]3(C)CC2)(c2ccccc2)CCO1. The first-order valence-corrected chi connectivity index (χ1v) is 17.2. The molecule has 1 heterocycles. The molecule has 0 radical (unpaired) electrons. The minimum atomic E-state index is -0.119. The van der Waals surface area contributed by atoms with Gasteiger partial charge in [-0.1, -0.05) is 68.8 Å². The van der Waals surface area contributed by atoms with Gasteiger partial charge in [-0.25, -0.2) is 0 Å². The van der Waals surface area contributed by atoms with E-state index in [1.54, 1.807) is 0 Å². The molecule has 236 valence electrons. The molecule has 0 aromatic heterocycles. The number of hydrogen-bond acceptors (Lipinski definition) is 5. The van der Waals surface area contributed by atoms with Crippen molar-refractivity contribution < 1.29 is 19.5 Å². The molecule has 1 aromatic carbocycles. The van der Waals surface area contributed by atoms with Gasteiger partial charge in [-0.15, -0.1) is 0 Å². The predicted octanol–water partition coefficient (Wildman–Crippen LogP) is 6.96. The van der Waals surface area contributed by atoms with Crippen LogP contribution in [0.25, 0.3) is 0 Å². The number of ether oxygens (including phenoxy) is 1. The lowest BCUT2D eigenvalue weighted by Gasteiger charge is -2.57. The van der Waals surface area contributed by atoms with Crippen LogP contribution in [0.15, 0.2) is 47.1 Å². The maximum Gasteiger partial charge on any atom is 0.260 e. The largest absolute Gasteiger partial charge is 0.393 e. The Bertz CT molecular complexity index is 1210. The third-order valence-corrected chi connectivity index (χ3v) is 12.9. The summed E-state index contributed by atoms with van der Waals surface area (Å²) < 4.78 is 6.11. The maximum atomic E-state index is 12.8. The molecule has 5 aliphatic rings. The van der Waals surface area contributed by atoms with E-state index in [2.05, 4.69) is 74.6 Å². The highest BCUT2D eigenvalue weighted by atomic mass is 16.6. The Hall–Kier alpha value is -2.18. The molecule has 6 rings (SSSR count). The van der Waals surface area contributed by atoms with Gasteiger partial charge < -0.3 is 20.0 Å². The van der Waals surface area contributed by atoms with E-state index in [0.717, 1.165) is 69.6 Å². The van der Waals surface area contributed by atoms with Crippen LogP contribution in [0.2, 0.25) is 0 Å². The number of rotatable bonds is 8. The van der Waals surface area contributed by atoms with E-state index in [9.17, 15) is 9.90 Å². The van der Waals surface area contributed by atoms with Crippen molar-refractivity contribution in [2.24, 2.45) is 39.7 Å². The van der Waals surface area contributed by atoms with E-state index in [1.165, 1.54) is 30.4 Å². The van der Waals surface area contributed by atoms with E-state index < -0.39 is 0 Å². The normalized spacial score (nSPS) is 39.9. The number of hydrogen-bond donors (Lipinski definition) is 2. The smallest absolute Gasteiger partial charge is 0.260 e. The third kappa shape index (κ3) is 5.83. The van der Waals surface area contributed by atoms with Crippen molar-refractivity contribution >= 4 is 11.6 Å². The monoisotopic (exact) mass is 590 g/mol. The molecule has 0 unspecified atom stereocenters. The molecule has 1 aliphatic heterocycles. The first-order chi connectivity index (χ1) is 20.6. The highest BCUT2D eigenvalue weighted by molar-refractivity contribution is 5.96. The number of nitrogens with zero attached hydrogens (tertiary/aromatic N) is 1. The highest BCUT2D eigenvalue weighted by Gasteiger charge is 2.58. The molecule has 8 atom stereocenters. The van der Waals surface area contributed by atoms with Crippen molar-refractivity contribution in [3.05, 3.63) is 47.5 Å². The van der Waals surface area contributed by atoms with Gasteiger partial charge in [-0.2, -0.15) is 0 Å². The van der Waals surface area contributed by atoms with Crippen molar-refractivity contribution in [3.63, 3.8) is 0 Å². The Labute approximate surface area is 259 Å². The van der Waals surface area contributed by atoms with E-state index in [0.29, 0.717) is 24.3 Å². The second-order valence-electron chi connectivity index (χ2n) is 15.3. The summed E-state index contributed by atoms with van der Waals surface area (Å²) in [5, 5.41) is 18.3. The molecule has 0 bridgehead atoms. The van der Waals surface area contributed by atoms with Crippen molar-refractivity contribution in [3.8, 4) is 0 Å². The van der Waals surface area contributed by atoms with Crippen molar-refractivity contribution in [2.75, 3.05) is 19.8 Å². The first kappa shape index (κ1) is 30.8. The number of carbonyl (C=O) groups excluding carboxylic acids is 1. The Kier molecular flexibility index (Phi) is 8.83. The first-order valence-electron chi connectivity index (χ1n) is 17.2. The Balaban J connectivity index is 1.02. The number of fused-ring (bicyclic) bond motifs is 5. The standard InChI is InChI=1S/C37H54N2O4/c1-25(2)32-23-37(19-21-42-32,26-8-6-5-7-9-26)18-20-38-34(41)24-43-39-28-14-16-35(3)27(22-28)10-11-29-30-12-13-33(40)36(30,4)17-15-31(29)35/h5-9,22,25,29-33,40H,10-21,23-24H2,1-4H3,(H,38,41)/t29-,30+,31-,32+,33-,35+,36+,37-/m1/s1. The van der Waals surface area contributed by atoms with Gasteiger partial charge >= 0.3 is 0 Å². The van der Waals surface area contributed by atoms with Gasteiger partial charge in [0.15, 0.2) is 6.61 Å². The zero-order valence-electron chi connectivity index (χ0n) is 26.9. The molecule has 1 saturated heterocycles. The van der Waals surface area contributed by atoms with Crippen LogP contribution in [0.1, 0.15) is 104 Å². The summed E-state index contributed by atoms with van der Waals surface area (Å²) >= 11 is 0. The Morgan fingerprint density at radius 3 is 2.67 bits per heavy atom. The van der Waals surface area contributed by atoms with Crippen LogP contribution in [0.5, 0.6) is 0 Å². The summed E-state index contributed by atoms with van der Waals surface area (Å²) in [7, 11) is 0. The maximum absolute atomic E-state index is 12.8. The molecule has 1 aromatic rings. The van der Waals surface area contributed by atoms with Gasteiger partial charge in [0.1, 0.15) is 0 Å². The van der Waals surface area contributed by atoms with Crippen molar-refractivity contribution in [2.45, 2.75) is 116 Å². The summed E-state index contributed by atoms with van der Waals surface area (Å²) in [5.41, 5.74) is 4.20. The molecule has 0 spiro atoms. The Morgan fingerprint density at radius 1 is 1.07 bits per heavy atom. The number of amides is 1.